The van der Waals surface area contributed by atoms with Crippen molar-refractivity contribution in [2.75, 3.05) is 0 Å². The van der Waals surface area contributed by atoms with E-state index in [0.717, 1.165) is 0 Å². The first-order valence-electron chi connectivity index (χ1n) is 1.04. The quantitative estimate of drug-likeness (QED) is 0.297. The summed E-state index contributed by atoms with van der Waals surface area (Å²) >= 11 is 0. The van der Waals surface area contributed by atoms with Crippen molar-refractivity contribution in [1.29, 1.82) is 0 Å². The van der Waals surface area contributed by atoms with Crippen LogP contribution in [0.2, 0.25) is 0 Å². The van der Waals surface area contributed by atoms with Gasteiger partial charge in [0.1, 0.15) is 0 Å². The monoisotopic (exact) mass is 218 g/mol. The van der Waals surface area contributed by atoms with Gasteiger partial charge in [0.25, 0.3) is 0 Å². The molecule has 5 nitrogen and oxygen atoms in total. The summed E-state index contributed by atoms with van der Waals surface area (Å²) in [6.07, 6.45) is 0. The third-order valence-electron chi connectivity index (χ3n) is 0. The van der Waals surface area contributed by atoms with Gasteiger partial charge in [0.15, 0.2) is 0 Å². The molecule has 52 valence electrons. The van der Waals surface area contributed by atoms with E-state index in [9.17, 15) is 0 Å². The van der Waals surface area contributed by atoms with Crippen molar-refractivity contribution in [3.63, 3.8) is 0 Å². The Bertz CT molecular complexity index is 75.5. The SMILES string of the molecule is FOF.O=P([O-])([O-])[O-].[Na+].[Na+].[Na+]. The van der Waals surface area contributed by atoms with Crippen LogP contribution in [0.4, 0.5) is 9.05 Å². The van der Waals surface area contributed by atoms with E-state index >= 15 is 0 Å². The largest absolute Gasteiger partial charge is 1.00 e. The van der Waals surface area contributed by atoms with Gasteiger partial charge in [-0.1, -0.05) is 0 Å². The molecular weight excluding hydrogens is 218 g/mol. The Morgan fingerprint density at radius 1 is 1.00 bits per heavy atom. The summed E-state index contributed by atoms with van der Waals surface area (Å²) in [7, 11) is -5.39. The average molecular weight is 218 g/mol. The molecule has 0 aromatic carbocycles. The summed E-state index contributed by atoms with van der Waals surface area (Å²) in [4.78, 5) is 25.6. The standard InChI is InChI=1S/F2O.3Na.H3O4P/c1-3-2;;;;1-5(2,3)4/h;;;;(H3,1,2,3,4)/q;3*+1;/p-3. The summed E-state index contributed by atoms with van der Waals surface area (Å²) in [5.74, 6) is 0. The molecule has 11 heteroatoms. The van der Waals surface area contributed by atoms with Crippen LogP contribution in [0.25, 0.3) is 0 Å². The molecule has 0 saturated carbocycles. The van der Waals surface area contributed by atoms with Gasteiger partial charge in [-0.3, -0.25) is 0 Å². The zero-order valence-corrected chi connectivity index (χ0v) is 13.1. The fraction of sp³-hybridized carbons (Fsp3) is 0. The predicted octanol–water partition coefficient (Wildman–Crippen LogP) is -11.0. The molecule has 0 spiro atoms. The average Bonchev–Trinajstić information content (AvgIpc) is 1.27. The molecule has 0 aromatic heterocycles. The van der Waals surface area contributed by atoms with Crippen molar-refractivity contribution in [3.05, 3.63) is 0 Å². The van der Waals surface area contributed by atoms with Crippen LogP contribution in [-0.4, -0.2) is 0 Å². The molecule has 0 aromatic rings. The van der Waals surface area contributed by atoms with E-state index in [1.54, 1.807) is 0 Å². The van der Waals surface area contributed by atoms with Crippen molar-refractivity contribution in [3.8, 4) is 0 Å². The van der Waals surface area contributed by atoms with E-state index in [4.69, 9.17) is 28.3 Å². The smallest absolute Gasteiger partial charge is 0.822 e. The van der Waals surface area contributed by atoms with E-state index in [1.807, 2.05) is 0 Å². The van der Waals surface area contributed by atoms with Gasteiger partial charge in [-0.05, 0) is 9.05 Å². The molecule has 0 bridgehead atoms. The summed E-state index contributed by atoms with van der Waals surface area (Å²) in [6, 6.07) is 0. The maximum Gasteiger partial charge on any atom is 1.00 e. The molecule has 11 heavy (non-hydrogen) atoms. The topological polar surface area (TPSA) is 95.5 Å². The van der Waals surface area contributed by atoms with Crippen molar-refractivity contribution in [2.24, 2.45) is 0 Å². The fourth-order valence-electron chi connectivity index (χ4n) is 0. The molecule has 0 N–H and O–H groups in total. The molecule has 0 amide bonds. The van der Waals surface area contributed by atoms with Crippen LogP contribution < -0.4 is 103 Å². The molecule has 0 aliphatic rings. The van der Waals surface area contributed by atoms with Crippen molar-refractivity contribution < 1.29 is 122 Å². The van der Waals surface area contributed by atoms with Crippen LogP contribution >= 0.6 is 7.82 Å². The third kappa shape index (κ3) is 180. The predicted molar refractivity (Wildman–Crippen MR) is 10.9 cm³/mol. The van der Waals surface area contributed by atoms with E-state index in [1.165, 1.54) is 5.15 Å². The number of phosphoric acid groups is 1. The number of hydrogen-bond acceptors (Lipinski definition) is 5. The number of hydrogen-bond donors (Lipinski definition) is 0. The van der Waals surface area contributed by atoms with Crippen molar-refractivity contribution in [2.45, 2.75) is 0 Å². The molecule has 0 fully saturated rings. The second-order valence-corrected chi connectivity index (χ2v) is 1.40. The summed E-state index contributed by atoms with van der Waals surface area (Å²) in [5.41, 5.74) is 0. The van der Waals surface area contributed by atoms with Crippen molar-refractivity contribution in [1.82, 2.24) is 0 Å². The van der Waals surface area contributed by atoms with Gasteiger partial charge in [-0.2, -0.15) is 7.82 Å². The van der Waals surface area contributed by atoms with Crippen LogP contribution in [0.1, 0.15) is 0 Å². The van der Waals surface area contributed by atoms with Gasteiger partial charge < -0.3 is 19.2 Å². The second kappa shape index (κ2) is 18.7. The van der Waals surface area contributed by atoms with Gasteiger partial charge in [-0.15, -0.1) is 0 Å². The molecule has 0 atom stereocenters. The van der Waals surface area contributed by atoms with Crippen LogP contribution in [-0.2, 0) is 9.71 Å². The molecule has 0 saturated heterocycles. The first kappa shape index (κ1) is 29.2. The molecule has 0 aliphatic carbocycles. The summed E-state index contributed by atoms with van der Waals surface area (Å²) in [6.45, 7) is 0. The molecular formula is F2Na3O5P. The first-order valence-corrected chi connectivity index (χ1v) is 2.50. The van der Waals surface area contributed by atoms with E-state index in [0.29, 0.717) is 0 Å². The Morgan fingerprint density at radius 2 is 1.00 bits per heavy atom. The minimum Gasteiger partial charge on any atom is -0.822 e. The second-order valence-electron chi connectivity index (χ2n) is 0.506. The van der Waals surface area contributed by atoms with Crippen LogP contribution in [0.3, 0.4) is 0 Å². The number of rotatable bonds is 0. The molecule has 0 radical (unpaired) electrons. The van der Waals surface area contributed by atoms with E-state index < -0.39 is 7.82 Å². The Hall–Kier alpha value is 2.93. The normalized spacial score (nSPS) is 7.00. The third-order valence-corrected chi connectivity index (χ3v) is 0. The number of halogens is 2. The molecule has 0 rings (SSSR count). The Kier molecular flexibility index (Phi) is 49.5. The minimum absolute atomic E-state index is 0. The summed E-state index contributed by atoms with van der Waals surface area (Å²) < 4.78 is 26.8. The van der Waals surface area contributed by atoms with E-state index in [2.05, 4.69) is 0 Å². The van der Waals surface area contributed by atoms with Crippen molar-refractivity contribution >= 4 is 7.82 Å². The zero-order valence-electron chi connectivity index (χ0n) is 6.24. The fourth-order valence-corrected chi connectivity index (χ4v) is 0. The van der Waals surface area contributed by atoms with E-state index in [-0.39, 0.29) is 88.7 Å². The van der Waals surface area contributed by atoms with Gasteiger partial charge >= 0.3 is 88.7 Å². The van der Waals surface area contributed by atoms with Crippen LogP contribution in [0, 0.1) is 0 Å². The summed E-state index contributed by atoms with van der Waals surface area (Å²) in [5, 5.41) is 1.25. The molecule has 0 unspecified atom stereocenters. The van der Waals surface area contributed by atoms with Gasteiger partial charge in [0, 0.05) is 5.15 Å². The maximum absolute atomic E-state index is 9.12. The maximum atomic E-state index is 9.12. The van der Waals surface area contributed by atoms with Crippen LogP contribution in [0.5, 0.6) is 0 Å². The Balaban J connectivity index is -0.0000000183. The molecule has 0 heterocycles. The Labute approximate surface area is 128 Å². The first-order chi connectivity index (χ1) is 3.41. The molecule has 0 aliphatic heterocycles. The van der Waals surface area contributed by atoms with Gasteiger partial charge in [0.05, 0.1) is 0 Å². The van der Waals surface area contributed by atoms with Gasteiger partial charge in [-0.25, -0.2) is 0 Å². The Morgan fingerprint density at radius 3 is 1.00 bits per heavy atom. The van der Waals surface area contributed by atoms with Gasteiger partial charge in [0.2, 0.25) is 0 Å². The minimum atomic E-state index is -5.39. The zero-order chi connectivity index (χ0) is 7.21. The van der Waals surface area contributed by atoms with Crippen LogP contribution in [0.15, 0.2) is 0 Å².